The first-order chi connectivity index (χ1) is 9.05. The number of para-hydroxylation sites is 1. The molecule has 0 N–H and O–H groups in total. The Kier molecular flexibility index (Phi) is 4.63. The van der Waals surface area contributed by atoms with Gasteiger partial charge in [0, 0.05) is 0 Å². The van der Waals surface area contributed by atoms with E-state index in [1.165, 1.54) is 0 Å². The van der Waals surface area contributed by atoms with Crippen molar-refractivity contribution in [3.05, 3.63) is 60.2 Å². The van der Waals surface area contributed by atoms with Crippen LogP contribution in [-0.2, 0) is 34.9 Å². The van der Waals surface area contributed by atoms with E-state index in [0.29, 0.717) is 4.90 Å². The molecule has 19 heavy (non-hydrogen) atoms. The minimum atomic E-state index is -3.39. The molecule has 0 heterocycles. The first-order valence-electron chi connectivity index (χ1n) is 6.20. The van der Waals surface area contributed by atoms with Gasteiger partial charge < -0.3 is 0 Å². The predicted octanol–water partition coefficient (Wildman–Crippen LogP) is 3.24. The van der Waals surface area contributed by atoms with Gasteiger partial charge in [0.05, 0.1) is 0 Å². The topological polar surface area (TPSA) is 37.4 Å². The second-order valence-corrected chi connectivity index (χ2v) is 12.9. The summed E-state index contributed by atoms with van der Waals surface area (Å²) < 4.78 is 29.0. The fourth-order valence-corrected chi connectivity index (χ4v) is 11.3. The Labute approximate surface area is 127 Å². The molecule has 96 valence electrons. The van der Waals surface area contributed by atoms with Crippen molar-refractivity contribution in [3.63, 3.8) is 0 Å². The van der Waals surface area contributed by atoms with E-state index in [4.69, 9.17) is 0 Å². The van der Waals surface area contributed by atoms with Crippen LogP contribution in [0.5, 0.6) is 0 Å². The third-order valence-corrected chi connectivity index (χ3v) is 14.5. The summed E-state index contributed by atoms with van der Waals surface area (Å²) in [5.41, 5.74) is 1.85. The Bertz CT molecular complexity index is 639. The summed E-state index contributed by atoms with van der Waals surface area (Å²) in [7, 11) is -3.39. The van der Waals surface area contributed by atoms with Gasteiger partial charge in [0.2, 0.25) is 0 Å². The van der Waals surface area contributed by atoms with Gasteiger partial charge >= 0.3 is 127 Å². The third-order valence-electron chi connectivity index (χ3n) is 2.94. The van der Waals surface area contributed by atoms with Gasteiger partial charge in [-0.3, -0.25) is 0 Å². The van der Waals surface area contributed by atoms with E-state index in [0.717, 1.165) is 11.3 Å². The van der Waals surface area contributed by atoms with Crippen LogP contribution in [0.15, 0.2) is 59.5 Å². The minimum absolute atomic E-state index is 0.379. The van der Waals surface area contributed by atoms with E-state index >= 15 is 0 Å². The number of benzene rings is 2. The van der Waals surface area contributed by atoms with E-state index in [1.807, 2.05) is 49.4 Å². The molecule has 2 aromatic carbocycles. The zero-order valence-corrected chi connectivity index (χ0v) is 17.4. The molecule has 0 aliphatic rings. The summed E-state index contributed by atoms with van der Waals surface area (Å²) >= 11 is -1.65. The zero-order valence-electron chi connectivity index (χ0n) is 11.1. The maximum absolute atomic E-state index is 12.7. The van der Waals surface area contributed by atoms with Crippen LogP contribution in [0.1, 0.15) is 5.56 Å². The van der Waals surface area contributed by atoms with Crippen LogP contribution >= 0.6 is 0 Å². The average Bonchev–Trinajstić information content (AvgIpc) is 2.41. The van der Waals surface area contributed by atoms with Crippen LogP contribution < -0.4 is 2.07 Å². The molecule has 0 saturated heterocycles. The number of aryl methyl sites for hydroxylation is 1. The molecule has 2 aromatic rings. The number of hydrogen-bond acceptors (Lipinski definition) is 2. The Balaban J connectivity index is 2.45. The molecule has 0 saturated carbocycles. The maximum atomic E-state index is 12.7. The van der Waals surface area contributed by atoms with E-state index in [1.54, 1.807) is 14.2 Å². The van der Waals surface area contributed by atoms with Crippen molar-refractivity contribution >= 4 is 15.7 Å². The molecule has 0 bridgehead atoms. The second kappa shape index (κ2) is 6.05. The molecule has 0 amide bonds. The average molecular weight is 462 g/mol. The molecule has 3 nitrogen and oxygen atoms in total. The molecular formula is C14H15HgNO2S. The van der Waals surface area contributed by atoms with Crippen molar-refractivity contribution in [2.24, 2.45) is 0 Å². The number of nitrogens with zero attached hydrogens (tertiary/aromatic N) is 1. The molecule has 0 aliphatic heterocycles. The van der Waals surface area contributed by atoms with Gasteiger partial charge in [0.15, 0.2) is 0 Å². The number of hydrogen-bond donors (Lipinski definition) is 0. The van der Waals surface area contributed by atoms with E-state index in [9.17, 15) is 8.42 Å². The van der Waals surface area contributed by atoms with Crippen LogP contribution in [0, 0.1) is 6.92 Å². The van der Waals surface area contributed by atoms with Crippen molar-refractivity contribution in [2.75, 3.05) is 2.07 Å². The van der Waals surface area contributed by atoms with Crippen LogP contribution in [0.25, 0.3) is 0 Å². The zero-order chi connectivity index (χ0) is 13.9. The summed E-state index contributed by atoms with van der Waals surface area (Å²) in [5.74, 6) is 0. The Morgan fingerprint density at radius 2 is 1.53 bits per heavy atom. The molecular weight excluding hydrogens is 447 g/mol. The van der Waals surface area contributed by atoms with Crippen LogP contribution in [0.4, 0.5) is 5.69 Å². The SMILES string of the molecule is [CH3][Hg][N](c1ccccc1)S(=O)(=O)c1ccc(C)cc1. The van der Waals surface area contributed by atoms with E-state index in [2.05, 4.69) is 4.43 Å². The van der Waals surface area contributed by atoms with Gasteiger partial charge in [-0.1, -0.05) is 0 Å². The quantitative estimate of drug-likeness (QED) is 0.656. The summed E-state index contributed by atoms with van der Waals surface area (Å²) in [4.78, 5) is 0.379. The Morgan fingerprint density at radius 1 is 0.947 bits per heavy atom. The molecule has 0 radical (unpaired) electrons. The monoisotopic (exact) mass is 463 g/mol. The fraction of sp³-hybridized carbons (Fsp3) is 0.143. The first-order valence-corrected chi connectivity index (χ1v) is 15.6. The van der Waals surface area contributed by atoms with E-state index < -0.39 is 34.9 Å². The summed E-state index contributed by atoms with van der Waals surface area (Å²) in [6.07, 6.45) is 0. The van der Waals surface area contributed by atoms with Crippen LogP contribution in [0.3, 0.4) is 0 Å². The number of sulfonamides is 1. The van der Waals surface area contributed by atoms with Crippen molar-refractivity contribution in [1.29, 1.82) is 0 Å². The van der Waals surface area contributed by atoms with Gasteiger partial charge in [0.25, 0.3) is 0 Å². The van der Waals surface area contributed by atoms with Crippen molar-refractivity contribution in [2.45, 2.75) is 16.3 Å². The van der Waals surface area contributed by atoms with Crippen molar-refractivity contribution in [1.82, 2.24) is 0 Å². The molecule has 0 spiro atoms. The second-order valence-electron chi connectivity index (χ2n) is 4.32. The normalized spacial score (nSPS) is 10.8. The molecule has 0 fully saturated rings. The summed E-state index contributed by atoms with van der Waals surface area (Å²) in [6.45, 7) is 1.95. The van der Waals surface area contributed by atoms with Gasteiger partial charge in [-0.05, 0) is 0 Å². The van der Waals surface area contributed by atoms with Crippen molar-refractivity contribution in [3.8, 4) is 0 Å². The predicted molar refractivity (Wildman–Crippen MR) is 73.1 cm³/mol. The van der Waals surface area contributed by atoms with Crippen molar-refractivity contribution < 1.29 is 33.3 Å². The number of rotatable bonds is 4. The van der Waals surface area contributed by atoms with Gasteiger partial charge in [-0.15, -0.1) is 0 Å². The van der Waals surface area contributed by atoms with E-state index in [-0.39, 0.29) is 0 Å². The van der Waals surface area contributed by atoms with Gasteiger partial charge in [-0.25, -0.2) is 0 Å². The fourth-order valence-electron chi connectivity index (χ4n) is 1.92. The molecule has 0 unspecified atom stereocenters. The number of anilines is 1. The molecule has 0 aromatic heterocycles. The standard InChI is InChI=1S/C13H12NO2S.CH3.Hg/c1-11-7-9-13(10-8-11)17(15,16)14-12-5-3-2-4-6-12;;/h2-10H,1H3;1H3;/q-1;;+1. The first kappa shape index (κ1) is 14.5. The molecule has 0 atom stereocenters. The Morgan fingerprint density at radius 3 is 2.05 bits per heavy atom. The third kappa shape index (κ3) is 3.18. The summed E-state index contributed by atoms with van der Waals surface area (Å²) in [6, 6.07) is 16.4. The van der Waals surface area contributed by atoms with Gasteiger partial charge in [0.1, 0.15) is 0 Å². The summed E-state index contributed by atoms with van der Waals surface area (Å²) in [5, 5.41) is 0. The van der Waals surface area contributed by atoms with Gasteiger partial charge in [-0.2, -0.15) is 0 Å². The Hall–Kier alpha value is -0.875. The molecule has 2 rings (SSSR count). The molecule has 0 aliphatic carbocycles. The van der Waals surface area contributed by atoms with Crippen LogP contribution in [0.2, 0.25) is 4.43 Å². The van der Waals surface area contributed by atoms with Crippen LogP contribution in [-0.4, -0.2) is 8.42 Å². The molecule has 5 heteroatoms.